The van der Waals surface area contributed by atoms with Gasteiger partial charge in [-0.3, -0.25) is 4.79 Å². The quantitative estimate of drug-likeness (QED) is 0.177. The van der Waals surface area contributed by atoms with Crippen molar-refractivity contribution in [1.82, 2.24) is 0 Å². The maximum Gasteiger partial charge on any atom is 0.302 e. The minimum absolute atomic E-state index is 0.233. The van der Waals surface area contributed by atoms with Gasteiger partial charge in [-0.2, -0.15) is 0 Å². The molecule has 0 N–H and O–H groups in total. The molecule has 0 saturated carbocycles. The SMILES string of the molecule is COCCOc1ccc(-c2ccccc2-c2ccccc2-c2ccc(OCCOC(C)=O)cc2)cc1. The molecular formula is C31H30O5. The fourth-order valence-electron chi connectivity index (χ4n) is 3.99. The molecule has 0 spiro atoms. The van der Waals surface area contributed by atoms with Gasteiger partial charge in [0.1, 0.15) is 31.3 Å². The summed E-state index contributed by atoms with van der Waals surface area (Å²) in [5, 5.41) is 0. The number of esters is 1. The number of carbonyl (C=O) groups is 1. The zero-order chi connectivity index (χ0) is 25.2. The number of ether oxygens (including phenoxy) is 4. The first-order chi connectivity index (χ1) is 17.7. The number of hydrogen-bond donors (Lipinski definition) is 0. The normalized spacial score (nSPS) is 10.6. The van der Waals surface area contributed by atoms with E-state index in [1.807, 2.05) is 24.3 Å². The van der Waals surface area contributed by atoms with Crippen LogP contribution in [0.2, 0.25) is 0 Å². The Morgan fingerprint density at radius 3 is 1.39 bits per heavy atom. The van der Waals surface area contributed by atoms with Crippen LogP contribution in [0.3, 0.4) is 0 Å². The molecule has 36 heavy (non-hydrogen) atoms. The second-order valence-corrected chi connectivity index (χ2v) is 8.17. The van der Waals surface area contributed by atoms with Crippen molar-refractivity contribution in [3.8, 4) is 44.9 Å². The second-order valence-electron chi connectivity index (χ2n) is 8.17. The molecule has 0 aliphatic rings. The van der Waals surface area contributed by atoms with E-state index in [-0.39, 0.29) is 12.6 Å². The summed E-state index contributed by atoms with van der Waals surface area (Å²) in [4.78, 5) is 10.9. The van der Waals surface area contributed by atoms with Crippen molar-refractivity contribution in [3.05, 3.63) is 97.1 Å². The van der Waals surface area contributed by atoms with Gasteiger partial charge in [0.15, 0.2) is 0 Å². The third-order valence-electron chi connectivity index (χ3n) is 5.69. The lowest BCUT2D eigenvalue weighted by atomic mass is 9.89. The van der Waals surface area contributed by atoms with E-state index >= 15 is 0 Å². The molecule has 4 rings (SSSR count). The summed E-state index contributed by atoms with van der Waals surface area (Å²) in [6.45, 7) is 3.02. The summed E-state index contributed by atoms with van der Waals surface area (Å²) in [7, 11) is 1.66. The van der Waals surface area contributed by atoms with Crippen LogP contribution in [0.1, 0.15) is 6.92 Å². The van der Waals surface area contributed by atoms with E-state index in [2.05, 4.69) is 72.8 Å². The standard InChI is InChI=1S/C31H30O5/c1-23(32)34-21-22-36-27-17-13-25(14-18-27)29-8-4-6-10-31(29)30-9-5-3-7-28(30)24-11-15-26(16-12-24)35-20-19-33-2/h3-18H,19-22H2,1-2H3. The molecule has 0 bridgehead atoms. The van der Waals surface area contributed by atoms with Crippen LogP contribution in [0.5, 0.6) is 11.5 Å². The Bertz CT molecular complexity index is 1260. The Morgan fingerprint density at radius 1 is 0.556 bits per heavy atom. The van der Waals surface area contributed by atoms with E-state index < -0.39 is 0 Å². The number of hydrogen-bond acceptors (Lipinski definition) is 5. The maximum atomic E-state index is 10.9. The summed E-state index contributed by atoms with van der Waals surface area (Å²) >= 11 is 0. The first kappa shape index (κ1) is 25.0. The Balaban J connectivity index is 1.58. The molecule has 0 aliphatic heterocycles. The van der Waals surface area contributed by atoms with Gasteiger partial charge in [-0.05, 0) is 57.6 Å². The molecule has 184 valence electrons. The molecule has 5 heteroatoms. The van der Waals surface area contributed by atoms with Crippen molar-refractivity contribution >= 4 is 5.97 Å². The molecule has 0 atom stereocenters. The van der Waals surface area contributed by atoms with Crippen molar-refractivity contribution in [2.75, 3.05) is 33.5 Å². The molecule has 4 aromatic carbocycles. The van der Waals surface area contributed by atoms with E-state index in [0.29, 0.717) is 19.8 Å². The van der Waals surface area contributed by atoms with Gasteiger partial charge in [-0.1, -0.05) is 72.8 Å². The molecule has 0 unspecified atom stereocenters. The molecule has 0 saturated heterocycles. The van der Waals surface area contributed by atoms with Gasteiger partial charge >= 0.3 is 5.97 Å². The third kappa shape index (κ3) is 6.52. The molecule has 4 aromatic rings. The van der Waals surface area contributed by atoms with Crippen LogP contribution in [-0.4, -0.2) is 39.5 Å². The van der Waals surface area contributed by atoms with Gasteiger partial charge in [-0.15, -0.1) is 0 Å². The van der Waals surface area contributed by atoms with Gasteiger partial charge in [0.05, 0.1) is 6.61 Å². The van der Waals surface area contributed by atoms with Crippen LogP contribution >= 0.6 is 0 Å². The molecule has 0 aromatic heterocycles. The monoisotopic (exact) mass is 482 g/mol. The number of carbonyl (C=O) groups excluding carboxylic acids is 1. The average Bonchev–Trinajstić information content (AvgIpc) is 2.92. The fourth-order valence-corrected chi connectivity index (χ4v) is 3.99. The van der Waals surface area contributed by atoms with Crippen molar-refractivity contribution in [2.45, 2.75) is 6.92 Å². The Kier molecular flexibility index (Phi) is 8.73. The zero-order valence-electron chi connectivity index (χ0n) is 20.6. The summed E-state index contributed by atoms with van der Waals surface area (Å²) in [5.74, 6) is 1.25. The van der Waals surface area contributed by atoms with E-state index in [1.54, 1.807) is 7.11 Å². The maximum absolute atomic E-state index is 10.9. The zero-order valence-corrected chi connectivity index (χ0v) is 20.6. The van der Waals surface area contributed by atoms with Crippen molar-refractivity contribution in [3.63, 3.8) is 0 Å². The minimum atomic E-state index is -0.308. The molecule has 0 aliphatic carbocycles. The fraction of sp³-hybridized carbons (Fsp3) is 0.194. The largest absolute Gasteiger partial charge is 0.491 e. The van der Waals surface area contributed by atoms with Crippen LogP contribution in [0.15, 0.2) is 97.1 Å². The minimum Gasteiger partial charge on any atom is -0.491 e. The van der Waals surface area contributed by atoms with Crippen molar-refractivity contribution in [1.29, 1.82) is 0 Å². The van der Waals surface area contributed by atoms with E-state index in [9.17, 15) is 4.79 Å². The van der Waals surface area contributed by atoms with Gasteiger partial charge in [0.25, 0.3) is 0 Å². The Hall–Kier alpha value is -4.09. The van der Waals surface area contributed by atoms with Crippen LogP contribution < -0.4 is 9.47 Å². The van der Waals surface area contributed by atoms with Gasteiger partial charge in [0.2, 0.25) is 0 Å². The predicted octanol–water partition coefficient (Wildman–Crippen LogP) is 6.65. The predicted molar refractivity (Wildman–Crippen MR) is 142 cm³/mol. The van der Waals surface area contributed by atoms with E-state index in [1.165, 1.54) is 6.92 Å². The highest BCUT2D eigenvalue weighted by molar-refractivity contribution is 5.91. The topological polar surface area (TPSA) is 54.0 Å². The smallest absolute Gasteiger partial charge is 0.302 e. The second kappa shape index (κ2) is 12.6. The molecular weight excluding hydrogens is 452 g/mol. The highest BCUT2D eigenvalue weighted by Crippen LogP contribution is 2.38. The van der Waals surface area contributed by atoms with Gasteiger partial charge < -0.3 is 18.9 Å². The molecule has 0 radical (unpaired) electrons. The van der Waals surface area contributed by atoms with Gasteiger partial charge in [0, 0.05) is 14.0 Å². The lowest BCUT2D eigenvalue weighted by Gasteiger charge is -2.15. The van der Waals surface area contributed by atoms with Gasteiger partial charge in [-0.25, -0.2) is 0 Å². The van der Waals surface area contributed by atoms with Crippen LogP contribution in [0.25, 0.3) is 33.4 Å². The van der Waals surface area contributed by atoms with E-state index in [0.717, 1.165) is 44.9 Å². The summed E-state index contributed by atoms with van der Waals surface area (Å²) in [6, 6.07) is 33.0. The summed E-state index contributed by atoms with van der Waals surface area (Å²) < 4.78 is 21.4. The van der Waals surface area contributed by atoms with E-state index in [4.69, 9.17) is 18.9 Å². The first-order valence-corrected chi connectivity index (χ1v) is 11.9. The first-order valence-electron chi connectivity index (χ1n) is 11.9. The average molecular weight is 483 g/mol. The Labute approximate surface area is 212 Å². The number of methoxy groups -OCH3 is 1. The molecule has 0 heterocycles. The molecule has 5 nitrogen and oxygen atoms in total. The van der Waals surface area contributed by atoms with Crippen LogP contribution in [0.4, 0.5) is 0 Å². The van der Waals surface area contributed by atoms with Crippen LogP contribution in [-0.2, 0) is 14.3 Å². The third-order valence-corrected chi connectivity index (χ3v) is 5.69. The molecule has 0 fully saturated rings. The van der Waals surface area contributed by atoms with Crippen LogP contribution in [0, 0.1) is 0 Å². The number of rotatable bonds is 11. The summed E-state index contributed by atoms with van der Waals surface area (Å²) in [6.07, 6.45) is 0. The highest BCUT2D eigenvalue weighted by Gasteiger charge is 2.12. The lowest BCUT2D eigenvalue weighted by Crippen LogP contribution is -2.09. The highest BCUT2D eigenvalue weighted by atomic mass is 16.6. The summed E-state index contributed by atoms with van der Waals surface area (Å²) in [5.41, 5.74) is 6.81. The lowest BCUT2D eigenvalue weighted by molar-refractivity contribution is -0.141. The number of benzene rings is 4. The van der Waals surface area contributed by atoms with Crippen molar-refractivity contribution in [2.24, 2.45) is 0 Å². The Morgan fingerprint density at radius 2 is 0.972 bits per heavy atom. The molecule has 0 amide bonds. The van der Waals surface area contributed by atoms with Crippen molar-refractivity contribution < 1.29 is 23.7 Å².